The number of carbonyl (C=O) groups excluding carboxylic acids is 1. The Kier molecular flexibility index (Phi) is 3.95. The van der Waals surface area contributed by atoms with Gasteiger partial charge in [-0.05, 0) is 11.6 Å². The quantitative estimate of drug-likeness (QED) is 0.744. The highest BCUT2D eigenvalue weighted by molar-refractivity contribution is 5.87. The number of methoxy groups -OCH3 is 1. The predicted molar refractivity (Wildman–Crippen MR) is 87.4 cm³/mol. The lowest BCUT2D eigenvalue weighted by Gasteiger charge is -2.10. The number of phenolic OH excluding ortho intramolecular Hbond substituents is 1. The molecule has 122 valence electrons. The van der Waals surface area contributed by atoms with Gasteiger partial charge in [-0.3, -0.25) is 9.59 Å². The molecule has 0 saturated carbocycles. The van der Waals surface area contributed by atoms with Crippen molar-refractivity contribution >= 4 is 16.9 Å². The highest BCUT2D eigenvalue weighted by Crippen LogP contribution is 2.35. The lowest BCUT2D eigenvalue weighted by atomic mass is 10.0. The Bertz CT molecular complexity index is 972. The fourth-order valence-electron chi connectivity index (χ4n) is 2.41. The Labute approximate surface area is 136 Å². The van der Waals surface area contributed by atoms with Gasteiger partial charge in [0, 0.05) is 13.0 Å². The smallest absolute Gasteiger partial charge is 0.310 e. The van der Waals surface area contributed by atoms with E-state index in [0.29, 0.717) is 5.56 Å². The second kappa shape index (κ2) is 6.08. The minimum atomic E-state index is -0.618. The molecule has 0 aliphatic heterocycles. The van der Waals surface area contributed by atoms with E-state index >= 15 is 0 Å². The van der Waals surface area contributed by atoms with Crippen LogP contribution < -0.4 is 14.9 Å². The van der Waals surface area contributed by atoms with Crippen molar-refractivity contribution in [2.24, 2.45) is 0 Å². The molecule has 0 fully saturated rings. The van der Waals surface area contributed by atoms with E-state index in [1.165, 1.54) is 26.2 Å². The van der Waals surface area contributed by atoms with Crippen LogP contribution in [-0.2, 0) is 4.79 Å². The van der Waals surface area contributed by atoms with E-state index in [9.17, 15) is 14.7 Å². The highest BCUT2D eigenvalue weighted by Gasteiger charge is 2.20. The summed E-state index contributed by atoms with van der Waals surface area (Å²) in [5, 5.41) is 10.1. The van der Waals surface area contributed by atoms with Crippen LogP contribution in [0.4, 0.5) is 0 Å². The van der Waals surface area contributed by atoms with Gasteiger partial charge in [0.05, 0.1) is 12.5 Å². The van der Waals surface area contributed by atoms with Gasteiger partial charge in [-0.1, -0.05) is 30.3 Å². The number of hydrogen-bond acceptors (Lipinski definition) is 6. The number of esters is 1. The first-order chi connectivity index (χ1) is 11.5. The maximum atomic E-state index is 12.9. The molecule has 2 aromatic carbocycles. The molecular formula is C18H14O6. The van der Waals surface area contributed by atoms with Gasteiger partial charge in [0.15, 0.2) is 11.5 Å². The fourth-order valence-corrected chi connectivity index (χ4v) is 2.41. The van der Waals surface area contributed by atoms with Crippen LogP contribution in [0, 0.1) is 0 Å². The van der Waals surface area contributed by atoms with E-state index in [0.717, 1.165) is 0 Å². The van der Waals surface area contributed by atoms with Crippen LogP contribution in [0.5, 0.6) is 17.4 Å². The Balaban J connectivity index is 2.38. The van der Waals surface area contributed by atoms with E-state index in [1.54, 1.807) is 30.3 Å². The summed E-state index contributed by atoms with van der Waals surface area (Å²) in [6.45, 7) is 1.21. The molecule has 0 atom stereocenters. The van der Waals surface area contributed by atoms with Gasteiger partial charge in [-0.15, -0.1) is 0 Å². The Morgan fingerprint density at radius 3 is 2.50 bits per heavy atom. The number of rotatable bonds is 3. The second-order valence-corrected chi connectivity index (χ2v) is 5.07. The lowest BCUT2D eigenvalue weighted by Crippen LogP contribution is -2.11. The topological polar surface area (TPSA) is 86.0 Å². The third kappa shape index (κ3) is 2.69. The molecule has 0 unspecified atom stereocenters. The first kappa shape index (κ1) is 15.6. The van der Waals surface area contributed by atoms with Crippen molar-refractivity contribution in [1.82, 2.24) is 0 Å². The summed E-state index contributed by atoms with van der Waals surface area (Å²) in [7, 11) is 1.38. The Morgan fingerprint density at radius 2 is 1.88 bits per heavy atom. The molecule has 0 amide bonds. The number of fused-ring (bicyclic) bond motifs is 1. The van der Waals surface area contributed by atoms with E-state index in [1.807, 2.05) is 0 Å². The highest BCUT2D eigenvalue weighted by atomic mass is 16.6. The van der Waals surface area contributed by atoms with Gasteiger partial charge < -0.3 is 19.0 Å². The molecule has 24 heavy (non-hydrogen) atoms. The number of benzene rings is 2. The number of carbonyl (C=O) groups is 1. The predicted octanol–water partition coefficient (Wildman–Crippen LogP) is 3.10. The second-order valence-electron chi connectivity index (χ2n) is 5.07. The summed E-state index contributed by atoms with van der Waals surface area (Å²) in [5.74, 6) is -0.869. The molecule has 3 aromatic rings. The van der Waals surface area contributed by atoms with Gasteiger partial charge >= 0.3 is 11.9 Å². The first-order valence-corrected chi connectivity index (χ1v) is 7.13. The molecule has 3 rings (SSSR count). The van der Waals surface area contributed by atoms with E-state index < -0.39 is 11.4 Å². The fraction of sp³-hybridized carbons (Fsp3) is 0.111. The van der Waals surface area contributed by atoms with Crippen LogP contribution in [0.2, 0.25) is 0 Å². The summed E-state index contributed by atoms with van der Waals surface area (Å²) in [6, 6.07) is 11.4. The summed E-state index contributed by atoms with van der Waals surface area (Å²) in [4.78, 5) is 24.3. The van der Waals surface area contributed by atoms with Crippen LogP contribution >= 0.6 is 0 Å². The summed E-state index contributed by atoms with van der Waals surface area (Å²) >= 11 is 0. The van der Waals surface area contributed by atoms with Crippen molar-refractivity contribution < 1.29 is 23.8 Å². The van der Waals surface area contributed by atoms with Crippen molar-refractivity contribution in [3.63, 3.8) is 0 Å². The summed E-state index contributed by atoms with van der Waals surface area (Å²) < 4.78 is 15.7. The average Bonchev–Trinajstić information content (AvgIpc) is 2.55. The SMILES string of the molecule is COc1cc2c(=O)c(-c3ccccc3)c(OC(C)=O)oc2cc1O. The first-order valence-electron chi connectivity index (χ1n) is 7.13. The van der Waals surface area contributed by atoms with E-state index in [4.69, 9.17) is 13.9 Å². The third-order valence-electron chi connectivity index (χ3n) is 3.46. The van der Waals surface area contributed by atoms with Crippen molar-refractivity contribution in [3.05, 3.63) is 52.7 Å². The van der Waals surface area contributed by atoms with Gasteiger partial charge in [0.1, 0.15) is 11.1 Å². The average molecular weight is 326 g/mol. The molecule has 1 aromatic heterocycles. The molecule has 6 nitrogen and oxygen atoms in total. The molecule has 0 saturated heterocycles. The van der Waals surface area contributed by atoms with Crippen molar-refractivity contribution in [3.8, 4) is 28.6 Å². The molecule has 0 spiro atoms. The summed E-state index contributed by atoms with van der Waals surface area (Å²) in [5.41, 5.74) is 0.383. The number of aromatic hydroxyl groups is 1. The zero-order chi connectivity index (χ0) is 17.3. The minimum absolute atomic E-state index is 0.0919. The minimum Gasteiger partial charge on any atom is -0.504 e. The molecule has 6 heteroatoms. The molecule has 0 bridgehead atoms. The molecule has 0 aliphatic rings. The molecule has 1 N–H and O–H groups in total. The molecule has 0 aliphatic carbocycles. The standard InChI is InChI=1S/C18H14O6/c1-10(19)23-18-16(11-6-4-3-5-7-11)17(21)12-8-15(22-2)13(20)9-14(12)24-18/h3-9,20H,1-2H3. The molecular weight excluding hydrogens is 312 g/mol. The van der Waals surface area contributed by atoms with Gasteiger partial charge in [-0.25, -0.2) is 0 Å². The van der Waals surface area contributed by atoms with E-state index in [-0.39, 0.29) is 34.0 Å². The molecule has 1 heterocycles. The van der Waals surface area contributed by atoms with E-state index in [2.05, 4.69) is 0 Å². The monoisotopic (exact) mass is 326 g/mol. The van der Waals surface area contributed by atoms with Crippen LogP contribution in [-0.4, -0.2) is 18.2 Å². The zero-order valence-electron chi connectivity index (χ0n) is 13.0. The van der Waals surface area contributed by atoms with Gasteiger partial charge in [0.25, 0.3) is 0 Å². The number of phenols is 1. The van der Waals surface area contributed by atoms with Crippen molar-refractivity contribution in [2.75, 3.05) is 7.11 Å². The maximum absolute atomic E-state index is 12.9. The van der Waals surface area contributed by atoms with Crippen LogP contribution in [0.3, 0.4) is 0 Å². The van der Waals surface area contributed by atoms with Crippen LogP contribution in [0.15, 0.2) is 51.7 Å². The largest absolute Gasteiger partial charge is 0.504 e. The lowest BCUT2D eigenvalue weighted by molar-refractivity contribution is -0.133. The zero-order valence-corrected chi connectivity index (χ0v) is 13.0. The third-order valence-corrected chi connectivity index (χ3v) is 3.46. The normalized spacial score (nSPS) is 10.6. The van der Waals surface area contributed by atoms with Crippen molar-refractivity contribution in [1.29, 1.82) is 0 Å². The Hall–Kier alpha value is -3.28. The van der Waals surface area contributed by atoms with Gasteiger partial charge in [-0.2, -0.15) is 0 Å². The van der Waals surface area contributed by atoms with Gasteiger partial charge in [0.2, 0.25) is 5.43 Å². The van der Waals surface area contributed by atoms with Crippen LogP contribution in [0.25, 0.3) is 22.1 Å². The number of hydrogen-bond donors (Lipinski definition) is 1. The Morgan fingerprint density at radius 1 is 1.17 bits per heavy atom. The summed E-state index contributed by atoms with van der Waals surface area (Å²) in [6.07, 6.45) is 0. The maximum Gasteiger partial charge on any atom is 0.310 e. The van der Waals surface area contributed by atoms with Crippen LogP contribution in [0.1, 0.15) is 6.92 Å². The van der Waals surface area contributed by atoms with Crippen molar-refractivity contribution in [2.45, 2.75) is 6.92 Å². The number of ether oxygens (including phenoxy) is 2. The molecule has 0 radical (unpaired) electrons.